The number of carboxylic acids is 3. The summed E-state index contributed by atoms with van der Waals surface area (Å²) in [6, 6.07) is 9.79. The van der Waals surface area contributed by atoms with E-state index in [1.807, 2.05) is 37.3 Å². The molecule has 0 amide bonds. The third-order valence-corrected chi connectivity index (χ3v) is 5.22. The molecular weight excluding hydrogens is 462 g/mol. The number of quaternary nitrogens is 1. The molecule has 11 heteroatoms. The monoisotopic (exact) mass is 497 g/mol. The van der Waals surface area contributed by atoms with Crippen molar-refractivity contribution in [1.82, 2.24) is 0 Å². The number of rotatable bonds is 16. The first-order chi connectivity index (χ1) is 16.5. The Balaban J connectivity index is 0.000000761. The second kappa shape index (κ2) is 17.4. The molecule has 2 N–H and O–H groups in total. The van der Waals surface area contributed by atoms with Crippen LogP contribution in [0.25, 0.3) is 0 Å². The zero-order chi connectivity index (χ0) is 26.9. The van der Waals surface area contributed by atoms with Crippen LogP contribution in [0.15, 0.2) is 30.3 Å². The summed E-state index contributed by atoms with van der Waals surface area (Å²) in [5.74, 6) is -6.32. The Bertz CT molecular complexity index is 764. The van der Waals surface area contributed by atoms with Gasteiger partial charge in [-0.15, -0.1) is 0 Å². The van der Waals surface area contributed by atoms with Crippen LogP contribution >= 0.6 is 0 Å². The third-order valence-electron chi connectivity index (χ3n) is 5.22. The summed E-state index contributed by atoms with van der Waals surface area (Å²) < 4.78 is 10.9. The number of nitrogens with one attached hydrogen (secondary N) is 1. The number of hydrogen-bond acceptors (Lipinski definition) is 10. The Morgan fingerprint density at radius 2 is 1.46 bits per heavy atom. The average molecular weight is 498 g/mol. The molecule has 0 bridgehead atoms. The molecule has 0 heterocycles. The van der Waals surface area contributed by atoms with Crippen molar-refractivity contribution < 1.29 is 54.0 Å². The molecule has 1 unspecified atom stereocenters. The Hall–Kier alpha value is -3.02. The van der Waals surface area contributed by atoms with Crippen LogP contribution in [0.5, 0.6) is 0 Å². The van der Waals surface area contributed by atoms with Gasteiger partial charge in [0.2, 0.25) is 0 Å². The lowest BCUT2D eigenvalue weighted by Crippen LogP contribution is -3.11. The Morgan fingerprint density at radius 1 is 0.914 bits per heavy atom. The Morgan fingerprint density at radius 3 is 1.89 bits per heavy atom. The van der Waals surface area contributed by atoms with Gasteiger partial charge < -0.3 is 49.2 Å². The van der Waals surface area contributed by atoms with Crippen LogP contribution in [-0.4, -0.2) is 74.0 Å². The van der Waals surface area contributed by atoms with Crippen molar-refractivity contribution in [3.05, 3.63) is 35.9 Å². The summed E-state index contributed by atoms with van der Waals surface area (Å²) in [6.07, 6.45) is -1.97. The number of esters is 1. The normalized spacial score (nSPS) is 11.8. The van der Waals surface area contributed by atoms with Gasteiger partial charge in [0, 0.05) is 24.8 Å². The van der Waals surface area contributed by atoms with Crippen molar-refractivity contribution in [2.45, 2.75) is 51.6 Å². The zero-order valence-corrected chi connectivity index (χ0v) is 20.4. The van der Waals surface area contributed by atoms with E-state index in [0.717, 1.165) is 31.6 Å². The molecule has 11 nitrogen and oxygen atoms in total. The van der Waals surface area contributed by atoms with Gasteiger partial charge >= 0.3 is 5.97 Å². The maximum atomic E-state index is 12.1. The molecule has 1 aromatic carbocycles. The van der Waals surface area contributed by atoms with E-state index in [2.05, 4.69) is 13.8 Å². The van der Waals surface area contributed by atoms with Crippen molar-refractivity contribution in [1.29, 1.82) is 0 Å². The number of carbonyl (C=O) groups is 4. The number of benzene rings is 1. The molecule has 1 rings (SSSR count). The van der Waals surface area contributed by atoms with Crippen LogP contribution in [0.1, 0.15) is 51.5 Å². The molecule has 35 heavy (non-hydrogen) atoms. The molecule has 0 aromatic heterocycles. The summed E-state index contributed by atoms with van der Waals surface area (Å²) >= 11 is 0. The minimum Gasteiger partial charge on any atom is -0.550 e. The van der Waals surface area contributed by atoms with Crippen LogP contribution in [0, 0.1) is 0 Å². The molecule has 1 atom stereocenters. The number of aliphatic carboxylic acids is 3. The maximum Gasteiger partial charge on any atom is 0.313 e. The first kappa shape index (κ1) is 32.0. The summed E-state index contributed by atoms with van der Waals surface area (Å²) in [7, 11) is 0. The van der Waals surface area contributed by atoms with Crippen LogP contribution in [0.4, 0.5) is 0 Å². The molecule has 0 fully saturated rings. The molecule has 198 valence electrons. The summed E-state index contributed by atoms with van der Waals surface area (Å²) in [5.41, 5.74) is -1.96. The van der Waals surface area contributed by atoms with Gasteiger partial charge in [-0.05, 0) is 25.8 Å². The van der Waals surface area contributed by atoms with Crippen molar-refractivity contribution in [3.63, 3.8) is 0 Å². The first-order valence-electron chi connectivity index (χ1n) is 11.5. The van der Waals surface area contributed by atoms with Crippen molar-refractivity contribution in [2.24, 2.45) is 0 Å². The molecule has 1 aromatic rings. The van der Waals surface area contributed by atoms with Gasteiger partial charge in [-0.1, -0.05) is 37.3 Å². The predicted octanol–water partition coefficient (Wildman–Crippen LogP) is -3.59. The van der Waals surface area contributed by atoms with Crippen molar-refractivity contribution in [2.75, 3.05) is 39.5 Å². The van der Waals surface area contributed by atoms with Gasteiger partial charge in [-0.2, -0.15) is 0 Å². The number of likely N-dealkylation sites (N-methyl/N-ethyl adjacent to an activating group) is 1. The first-order valence-corrected chi connectivity index (χ1v) is 11.5. The lowest BCUT2D eigenvalue weighted by molar-refractivity contribution is -0.896. The number of ether oxygens (including phenoxy) is 2. The maximum absolute atomic E-state index is 12.1. The van der Waals surface area contributed by atoms with Crippen LogP contribution in [-0.2, 0) is 28.7 Å². The highest BCUT2D eigenvalue weighted by molar-refractivity contribution is 5.86. The zero-order valence-electron chi connectivity index (χ0n) is 20.4. The average Bonchev–Trinajstić information content (AvgIpc) is 2.79. The number of hydrogen-bond donors (Lipinski definition) is 2. The molecule has 0 saturated carbocycles. The molecule has 0 aliphatic carbocycles. The fourth-order valence-electron chi connectivity index (χ4n) is 3.13. The van der Waals surface area contributed by atoms with E-state index in [9.17, 15) is 34.5 Å². The minimum absolute atomic E-state index is 0.160. The quantitative estimate of drug-likeness (QED) is 0.171. The van der Waals surface area contributed by atoms with E-state index in [1.165, 1.54) is 4.90 Å². The fraction of sp³-hybridized carbons (Fsp3) is 0.583. The fourth-order valence-corrected chi connectivity index (χ4v) is 3.13. The molecule has 0 aliphatic rings. The lowest BCUT2D eigenvalue weighted by Gasteiger charge is -2.29. The lowest BCUT2D eigenvalue weighted by atomic mass is 9.96. The molecule has 0 aliphatic heterocycles. The number of carbonyl (C=O) groups excluding carboxylic acids is 4. The largest absolute Gasteiger partial charge is 0.550 e. The van der Waals surface area contributed by atoms with Crippen molar-refractivity contribution >= 4 is 23.9 Å². The summed E-state index contributed by atoms with van der Waals surface area (Å²) in [6.45, 7) is 11.1. The Labute approximate surface area is 205 Å². The van der Waals surface area contributed by atoms with Gasteiger partial charge in [-0.25, -0.2) is 0 Å². The van der Waals surface area contributed by atoms with Gasteiger partial charge in [0.15, 0.2) is 0 Å². The van der Waals surface area contributed by atoms with E-state index in [-0.39, 0.29) is 11.9 Å². The molecule has 0 spiro atoms. The standard InChI is InChI=1S/C18H29NO3.C6H8O7/c1-4-17(16-10-8-7-9-11-16)18(20)22-15-14-21-13-12-19(5-2)6-3;7-3(8)1-6(13,5(11)12)2-4(9)10/h7-11,17H,4-6,12-15H2,1-3H3;13H,1-2H2,(H,7,8)(H,9,10)(H,11,12)/p-2. The van der Waals surface area contributed by atoms with E-state index in [0.29, 0.717) is 19.8 Å². The second-order valence-corrected chi connectivity index (χ2v) is 7.78. The van der Waals surface area contributed by atoms with Crippen LogP contribution in [0.3, 0.4) is 0 Å². The minimum atomic E-state index is -2.97. The van der Waals surface area contributed by atoms with E-state index >= 15 is 0 Å². The van der Waals surface area contributed by atoms with Crippen LogP contribution < -0.4 is 20.2 Å². The predicted molar refractivity (Wildman–Crippen MR) is 117 cm³/mol. The molecule has 0 saturated heterocycles. The van der Waals surface area contributed by atoms with Crippen molar-refractivity contribution in [3.8, 4) is 0 Å². The highest BCUT2D eigenvalue weighted by atomic mass is 16.6. The topological polar surface area (TPSA) is 181 Å². The van der Waals surface area contributed by atoms with E-state index in [1.54, 1.807) is 0 Å². The Kier molecular flexibility index (Phi) is 15.9. The van der Waals surface area contributed by atoms with Gasteiger partial charge in [0.05, 0.1) is 38.2 Å². The SMILES string of the molecule is CCC(C(=O)OCCOCC[NH+](CC)CC)c1ccccc1.O=C([O-])CC(O)(CC(=O)[O-])C(=O)[O-]. The third kappa shape index (κ3) is 13.5. The summed E-state index contributed by atoms with van der Waals surface area (Å²) in [5, 5.41) is 38.9. The summed E-state index contributed by atoms with van der Waals surface area (Å²) in [4.78, 5) is 43.6. The number of aliphatic hydroxyl groups is 1. The second-order valence-electron chi connectivity index (χ2n) is 7.78. The van der Waals surface area contributed by atoms with Crippen LogP contribution in [0.2, 0.25) is 0 Å². The highest BCUT2D eigenvalue weighted by Gasteiger charge is 2.29. The van der Waals surface area contributed by atoms with E-state index < -0.39 is 36.4 Å². The highest BCUT2D eigenvalue weighted by Crippen LogP contribution is 2.20. The van der Waals surface area contributed by atoms with Gasteiger partial charge in [0.1, 0.15) is 18.8 Å². The van der Waals surface area contributed by atoms with E-state index in [4.69, 9.17) is 14.6 Å². The smallest absolute Gasteiger partial charge is 0.313 e. The number of carboxylic acid groups (broad SMARTS) is 3. The van der Waals surface area contributed by atoms with Gasteiger partial charge in [-0.3, -0.25) is 4.79 Å². The van der Waals surface area contributed by atoms with Gasteiger partial charge in [0.25, 0.3) is 0 Å². The molecule has 0 radical (unpaired) electrons. The molecular formula is C24H35NO10-2.